The Balaban J connectivity index is 2.06. The summed E-state index contributed by atoms with van der Waals surface area (Å²) in [5.74, 6) is -0.383. The number of hydrogen-bond donors (Lipinski definition) is 0. The van der Waals surface area contributed by atoms with Gasteiger partial charge < -0.3 is 9.64 Å². The first kappa shape index (κ1) is 14.8. The highest BCUT2D eigenvalue weighted by Gasteiger charge is 2.14. The second-order valence-corrected chi connectivity index (χ2v) is 5.49. The van der Waals surface area contributed by atoms with Gasteiger partial charge in [-0.15, -0.1) is 11.3 Å². The summed E-state index contributed by atoms with van der Waals surface area (Å²) < 4.78 is 4.92. The maximum absolute atomic E-state index is 11.6. The minimum absolute atomic E-state index is 0.351. The van der Waals surface area contributed by atoms with Crippen LogP contribution in [0.4, 0.5) is 5.13 Å². The lowest BCUT2D eigenvalue weighted by Gasteiger charge is -2.15. The van der Waals surface area contributed by atoms with Crippen LogP contribution in [0.5, 0.6) is 0 Å². The van der Waals surface area contributed by atoms with Gasteiger partial charge in [0, 0.05) is 24.0 Å². The van der Waals surface area contributed by atoms with Crippen LogP contribution in [0.2, 0.25) is 5.02 Å². The van der Waals surface area contributed by atoms with Crippen molar-refractivity contribution in [1.29, 1.82) is 0 Å². The number of rotatable bonds is 5. The molecule has 0 aliphatic rings. The smallest absolute Gasteiger partial charge is 0.357 e. The van der Waals surface area contributed by atoms with Gasteiger partial charge in [-0.05, 0) is 24.6 Å². The molecule has 0 N–H and O–H groups in total. The number of benzene rings is 1. The third-order valence-corrected chi connectivity index (χ3v) is 3.80. The first-order valence-corrected chi connectivity index (χ1v) is 7.44. The van der Waals surface area contributed by atoms with Crippen LogP contribution in [0.15, 0.2) is 29.6 Å². The highest BCUT2D eigenvalue weighted by Crippen LogP contribution is 2.22. The number of carbonyl (C=O) groups excluding carboxylic acids is 1. The summed E-state index contributed by atoms with van der Waals surface area (Å²) >= 11 is 7.38. The average Bonchev–Trinajstić information content (AvgIpc) is 2.88. The summed E-state index contributed by atoms with van der Waals surface area (Å²) in [5, 5.41) is 3.19. The van der Waals surface area contributed by atoms with Crippen molar-refractivity contribution in [3.8, 4) is 0 Å². The lowest BCUT2D eigenvalue weighted by atomic mass is 10.2. The molecule has 6 heteroatoms. The zero-order chi connectivity index (χ0) is 14.5. The van der Waals surface area contributed by atoms with E-state index in [1.54, 1.807) is 12.3 Å². The highest BCUT2D eigenvalue weighted by atomic mass is 35.5. The molecule has 0 unspecified atom stereocenters. The molecule has 0 radical (unpaired) electrons. The number of halogens is 1. The predicted octanol–water partition coefficient (Wildman–Crippen LogP) is 3.61. The van der Waals surface area contributed by atoms with Crippen molar-refractivity contribution in [2.45, 2.75) is 13.5 Å². The molecule has 106 valence electrons. The maximum Gasteiger partial charge on any atom is 0.357 e. The summed E-state index contributed by atoms with van der Waals surface area (Å²) in [5.41, 5.74) is 1.44. The van der Waals surface area contributed by atoms with Crippen LogP contribution in [0.3, 0.4) is 0 Å². The Morgan fingerprint density at radius 3 is 3.00 bits per heavy atom. The predicted molar refractivity (Wildman–Crippen MR) is 81.6 cm³/mol. The van der Waals surface area contributed by atoms with Gasteiger partial charge in [0.1, 0.15) is 0 Å². The normalized spacial score (nSPS) is 10.3. The van der Waals surface area contributed by atoms with Gasteiger partial charge in [0.15, 0.2) is 10.8 Å². The van der Waals surface area contributed by atoms with Gasteiger partial charge in [-0.3, -0.25) is 0 Å². The van der Waals surface area contributed by atoms with E-state index in [9.17, 15) is 4.79 Å². The van der Waals surface area contributed by atoms with Crippen molar-refractivity contribution in [1.82, 2.24) is 4.98 Å². The van der Waals surface area contributed by atoms with Gasteiger partial charge in [0.2, 0.25) is 0 Å². The summed E-state index contributed by atoms with van der Waals surface area (Å²) in [6, 6.07) is 7.67. The van der Waals surface area contributed by atoms with Crippen LogP contribution in [0, 0.1) is 0 Å². The van der Waals surface area contributed by atoms with Gasteiger partial charge in [-0.2, -0.15) is 0 Å². The molecule has 1 aromatic carbocycles. The van der Waals surface area contributed by atoms with Crippen molar-refractivity contribution in [3.05, 3.63) is 45.9 Å². The molecule has 0 aliphatic carbocycles. The van der Waals surface area contributed by atoms with E-state index < -0.39 is 0 Å². The van der Waals surface area contributed by atoms with Crippen LogP contribution in [0.1, 0.15) is 23.0 Å². The molecule has 1 heterocycles. The Bertz CT molecular complexity index is 600. The van der Waals surface area contributed by atoms with E-state index >= 15 is 0 Å². The van der Waals surface area contributed by atoms with E-state index in [-0.39, 0.29) is 5.97 Å². The fraction of sp³-hybridized carbons (Fsp3) is 0.286. The molecule has 0 saturated carbocycles. The van der Waals surface area contributed by atoms with E-state index in [4.69, 9.17) is 16.3 Å². The van der Waals surface area contributed by atoms with Gasteiger partial charge >= 0.3 is 5.97 Å². The zero-order valence-corrected chi connectivity index (χ0v) is 12.9. The monoisotopic (exact) mass is 310 g/mol. The van der Waals surface area contributed by atoms with Crippen molar-refractivity contribution in [2.24, 2.45) is 0 Å². The molecule has 0 amide bonds. The van der Waals surface area contributed by atoms with Crippen molar-refractivity contribution in [2.75, 3.05) is 18.6 Å². The van der Waals surface area contributed by atoms with Crippen LogP contribution < -0.4 is 4.90 Å². The van der Waals surface area contributed by atoms with Crippen LogP contribution in [-0.4, -0.2) is 24.6 Å². The second kappa shape index (κ2) is 6.72. The van der Waals surface area contributed by atoms with Crippen molar-refractivity contribution < 1.29 is 9.53 Å². The van der Waals surface area contributed by atoms with Crippen LogP contribution in [0.25, 0.3) is 0 Å². The minimum atomic E-state index is -0.383. The number of anilines is 1. The molecule has 0 spiro atoms. The molecule has 0 bridgehead atoms. The highest BCUT2D eigenvalue weighted by molar-refractivity contribution is 7.13. The Morgan fingerprint density at radius 2 is 2.30 bits per heavy atom. The van der Waals surface area contributed by atoms with Gasteiger partial charge in [0.05, 0.1) is 6.61 Å². The lowest BCUT2D eigenvalue weighted by Crippen LogP contribution is -2.16. The molecule has 2 rings (SSSR count). The molecule has 2 aromatic rings. The molecule has 1 aromatic heterocycles. The number of hydrogen-bond acceptors (Lipinski definition) is 5. The summed E-state index contributed by atoms with van der Waals surface area (Å²) in [6.07, 6.45) is 0. The Labute approximate surface area is 127 Å². The number of aromatic nitrogens is 1. The van der Waals surface area contributed by atoms with Crippen molar-refractivity contribution >= 4 is 34.0 Å². The number of esters is 1. The van der Waals surface area contributed by atoms with Gasteiger partial charge in [-0.25, -0.2) is 9.78 Å². The van der Waals surface area contributed by atoms with Gasteiger partial charge in [0.25, 0.3) is 0 Å². The fourth-order valence-corrected chi connectivity index (χ4v) is 2.69. The summed E-state index contributed by atoms with van der Waals surface area (Å²) in [4.78, 5) is 17.8. The lowest BCUT2D eigenvalue weighted by molar-refractivity contribution is 0.0520. The molecule has 20 heavy (non-hydrogen) atoms. The minimum Gasteiger partial charge on any atom is -0.461 e. The number of ether oxygens (including phenoxy) is 1. The Morgan fingerprint density at radius 1 is 1.50 bits per heavy atom. The first-order chi connectivity index (χ1) is 9.60. The van der Waals surface area contributed by atoms with E-state index in [0.717, 1.165) is 10.7 Å². The van der Waals surface area contributed by atoms with E-state index in [2.05, 4.69) is 4.98 Å². The van der Waals surface area contributed by atoms with Gasteiger partial charge in [-0.1, -0.05) is 23.7 Å². The topological polar surface area (TPSA) is 42.4 Å². The number of nitrogens with zero attached hydrogens (tertiary/aromatic N) is 2. The quantitative estimate of drug-likeness (QED) is 0.791. The summed E-state index contributed by atoms with van der Waals surface area (Å²) in [7, 11) is 1.93. The first-order valence-electron chi connectivity index (χ1n) is 6.18. The molecule has 0 fully saturated rings. The third kappa shape index (κ3) is 3.71. The molecule has 0 aliphatic heterocycles. The molecule has 4 nitrogen and oxygen atoms in total. The molecule has 0 atom stereocenters. The number of carbonyl (C=O) groups is 1. The largest absolute Gasteiger partial charge is 0.461 e. The Hall–Kier alpha value is -1.59. The standard InChI is InChI=1S/C14H15ClN2O2S/c1-3-19-13(18)12-9-20-14(16-12)17(2)8-10-5-4-6-11(15)7-10/h4-7,9H,3,8H2,1-2H3. The Kier molecular flexibility index (Phi) is 4.98. The van der Waals surface area contributed by atoms with E-state index in [1.807, 2.05) is 36.2 Å². The maximum atomic E-state index is 11.6. The third-order valence-electron chi connectivity index (χ3n) is 2.61. The molecule has 0 saturated heterocycles. The zero-order valence-electron chi connectivity index (χ0n) is 11.3. The van der Waals surface area contributed by atoms with E-state index in [1.165, 1.54) is 11.3 Å². The number of thiazole rings is 1. The van der Waals surface area contributed by atoms with Crippen molar-refractivity contribution in [3.63, 3.8) is 0 Å². The SMILES string of the molecule is CCOC(=O)c1csc(N(C)Cc2cccc(Cl)c2)n1. The van der Waals surface area contributed by atoms with E-state index in [0.29, 0.717) is 23.9 Å². The molecular weight excluding hydrogens is 296 g/mol. The molecular formula is C14H15ClN2O2S. The average molecular weight is 311 g/mol. The van der Waals surface area contributed by atoms with Crippen LogP contribution in [-0.2, 0) is 11.3 Å². The second-order valence-electron chi connectivity index (χ2n) is 4.22. The summed E-state index contributed by atoms with van der Waals surface area (Å²) in [6.45, 7) is 2.80. The van der Waals surface area contributed by atoms with Crippen LogP contribution >= 0.6 is 22.9 Å². The fourth-order valence-electron chi connectivity index (χ4n) is 1.72.